The first kappa shape index (κ1) is 19.5. The van der Waals surface area contributed by atoms with Crippen LogP contribution < -0.4 is 4.74 Å². The second-order valence-electron chi connectivity index (χ2n) is 6.20. The minimum absolute atomic E-state index is 0.246. The van der Waals surface area contributed by atoms with Crippen LogP contribution in [0.5, 0.6) is 5.75 Å². The zero-order valence-corrected chi connectivity index (χ0v) is 15.6. The summed E-state index contributed by atoms with van der Waals surface area (Å²) in [4.78, 5) is 12.9. The summed E-state index contributed by atoms with van der Waals surface area (Å²) in [5, 5.41) is 10.1. The van der Waals surface area contributed by atoms with Crippen LogP contribution in [-0.2, 0) is 16.0 Å². The van der Waals surface area contributed by atoms with E-state index in [1.54, 1.807) is 14.0 Å². The second-order valence-corrected chi connectivity index (χ2v) is 6.20. The highest BCUT2D eigenvalue weighted by molar-refractivity contribution is 5.82. The van der Waals surface area contributed by atoms with Gasteiger partial charge in [-0.15, -0.1) is 0 Å². The Labute approximate surface area is 155 Å². The summed E-state index contributed by atoms with van der Waals surface area (Å²) in [5.41, 5.74) is 0.591. The molecule has 0 aromatic heterocycles. The van der Waals surface area contributed by atoms with E-state index in [1.807, 2.05) is 61.5 Å². The lowest BCUT2D eigenvalue weighted by Crippen LogP contribution is -2.39. The van der Waals surface area contributed by atoms with Gasteiger partial charge in [0, 0.05) is 12.3 Å². The van der Waals surface area contributed by atoms with Crippen LogP contribution in [0.1, 0.15) is 37.3 Å². The molecule has 136 valence electrons. The zero-order valence-electron chi connectivity index (χ0n) is 15.6. The maximum atomic E-state index is 12.9. The molecule has 0 amide bonds. The van der Waals surface area contributed by atoms with Gasteiger partial charge in [-0.3, -0.25) is 4.79 Å². The third-order valence-electron chi connectivity index (χ3n) is 4.69. The van der Waals surface area contributed by atoms with Gasteiger partial charge in [0.1, 0.15) is 5.75 Å². The molecule has 2 aromatic carbocycles. The normalized spacial score (nSPS) is 13.9. The summed E-state index contributed by atoms with van der Waals surface area (Å²) in [5.74, 6) is -0.00274. The first-order chi connectivity index (χ1) is 12.6. The van der Waals surface area contributed by atoms with Crippen molar-refractivity contribution in [1.82, 2.24) is 0 Å². The van der Waals surface area contributed by atoms with Crippen molar-refractivity contribution in [2.45, 2.75) is 32.6 Å². The van der Waals surface area contributed by atoms with Gasteiger partial charge in [0.15, 0.2) is 5.41 Å². The maximum Gasteiger partial charge on any atom is 0.327 e. The molecule has 26 heavy (non-hydrogen) atoms. The molecule has 2 atom stereocenters. The van der Waals surface area contributed by atoms with Crippen molar-refractivity contribution in [3.63, 3.8) is 0 Å². The fourth-order valence-corrected chi connectivity index (χ4v) is 3.38. The van der Waals surface area contributed by atoms with Crippen molar-refractivity contribution in [2.24, 2.45) is 5.41 Å². The molecule has 0 bridgehead atoms. The standard InChI is InChI=1S/C22H25NO3/c1-4-20(18-11-13-19(25-3)14-12-18)22(16-23,21(24)26-5-2)15-17-9-7-6-8-10-17/h6-14,20H,4-5,15H2,1-3H3. The van der Waals surface area contributed by atoms with Crippen molar-refractivity contribution in [3.8, 4) is 11.8 Å². The van der Waals surface area contributed by atoms with Crippen LogP contribution in [-0.4, -0.2) is 19.7 Å². The lowest BCUT2D eigenvalue weighted by atomic mass is 9.68. The Bertz CT molecular complexity index is 749. The molecule has 0 saturated carbocycles. The highest BCUT2D eigenvalue weighted by Crippen LogP contribution is 2.42. The SMILES string of the molecule is CCOC(=O)C(C#N)(Cc1ccccc1)C(CC)c1ccc(OC)cc1. The molecule has 0 aliphatic rings. The lowest BCUT2D eigenvalue weighted by Gasteiger charge is -2.33. The number of esters is 1. The summed E-state index contributed by atoms with van der Waals surface area (Å²) in [6.45, 7) is 4.00. The average molecular weight is 351 g/mol. The van der Waals surface area contributed by atoms with Gasteiger partial charge in [-0.05, 0) is 36.6 Å². The van der Waals surface area contributed by atoms with Crippen molar-refractivity contribution in [2.75, 3.05) is 13.7 Å². The molecule has 4 heteroatoms. The first-order valence-corrected chi connectivity index (χ1v) is 8.87. The summed E-state index contributed by atoms with van der Waals surface area (Å²) < 4.78 is 10.6. The Morgan fingerprint density at radius 3 is 2.27 bits per heavy atom. The van der Waals surface area contributed by atoms with E-state index in [1.165, 1.54) is 0 Å². The van der Waals surface area contributed by atoms with E-state index in [0.29, 0.717) is 12.8 Å². The van der Waals surface area contributed by atoms with Crippen LogP contribution in [0.25, 0.3) is 0 Å². The number of benzene rings is 2. The van der Waals surface area contributed by atoms with Crippen LogP contribution in [0, 0.1) is 16.7 Å². The smallest absolute Gasteiger partial charge is 0.327 e. The fourth-order valence-electron chi connectivity index (χ4n) is 3.38. The van der Waals surface area contributed by atoms with Gasteiger partial charge in [-0.25, -0.2) is 0 Å². The molecule has 0 aliphatic carbocycles. The average Bonchev–Trinajstić information content (AvgIpc) is 2.69. The van der Waals surface area contributed by atoms with E-state index >= 15 is 0 Å². The van der Waals surface area contributed by atoms with Gasteiger partial charge in [0.25, 0.3) is 0 Å². The van der Waals surface area contributed by atoms with Crippen molar-refractivity contribution in [1.29, 1.82) is 5.26 Å². The Morgan fingerprint density at radius 1 is 1.12 bits per heavy atom. The quantitative estimate of drug-likeness (QED) is 0.657. The zero-order chi connectivity index (χ0) is 19.0. The van der Waals surface area contributed by atoms with Crippen LogP contribution in [0.3, 0.4) is 0 Å². The van der Waals surface area contributed by atoms with Crippen LogP contribution >= 0.6 is 0 Å². The second kappa shape index (κ2) is 9.05. The molecule has 0 spiro atoms. The summed E-state index contributed by atoms with van der Waals surface area (Å²) in [6, 6.07) is 19.5. The van der Waals surface area contributed by atoms with Crippen molar-refractivity contribution < 1.29 is 14.3 Å². The molecule has 2 rings (SSSR count). The Hall–Kier alpha value is -2.80. The monoisotopic (exact) mass is 351 g/mol. The minimum atomic E-state index is -1.28. The molecule has 0 fully saturated rings. The Balaban J connectivity index is 2.51. The number of rotatable bonds is 8. The molecule has 4 nitrogen and oxygen atoms in total. The molecule has 0 radical (unpaired) electrons. The van der Waals surface area contributed by atoms with Gasteiger partial charge < -0.3 is 9.47 Å². The molecule has 0 heterocycles. The fraction of sp³-hybridized carbons (Fsp3) is 0.364. The lowest BCUT2D eigenvalue weighted by molar-refractivity contribution is -0.153. The summed E-state index contributed by atoms with van der Waals surface area (Å²) in [7, 11) is 1.61. The van der Waals surface area contributed by atoms with Crippen molar-refractivity contribution >= 4 is 5.97 Å². The van der Waals surface area contributed by atoms with Gasteiger partial charge in [-0.1, -0.05) is 49.4 Å². The molecular formula is C22H25NO3. The maximum absolute atomic E-state index is 12.9. The number of hydrogen-bond acceptors (Lipinski definition) is 4. The molecule has 0 N–H and O–H groups in total. The highest BCUT2D eigenvalue weighted by Gasteiger charge is 2.47. The van der Waals surface area contributed by atoms with E-state index in [4.69, 9.17) is 9.47 Å². The van der Waals surface area contributed by atoms with Crippen LogP contribution in [0.4, 0.5) is 0 Å². The van der Waals surface area contributed by atoms with Crippen LogP contribution in [0.2, 0.25) is 0 Å². The van der Waals surface area contributed by atoms with E-state index in [0.717, 1.165) is 16.9 Å². The van der Waals surface area contributed by atoms with E-state index in [-0.39, 0.29) is 12.5 Å². The Kier molecular flexibility index (Phi) is 6.80. The predicted molar refractivity (Wildman–Crippen MR) is 101 cm³/mol. The third kappa shape index (κ3) is 4.05. The predicted octanol–water partition coefficient (Wildman–Crippen LogP) is 4.50. The molecule has 0 saturated heterocycles. The molecule has 2 aromatic rings. The summed E-state index contributed by atoms with van der Waals surface area (Å²) in [6.07, 6.45) is 0.958. The molecular weight excluding hydrogens is 326 g/mol. The minimum Gasteiger partial charge on any atom is -0.497 e. The van der Waals surface area contributed by atoms with Gasteiger partial charge >= 0.3 is 5.97 Å². The molecule has 0 aliphatic heterocycles. The first-order valence-electron chi connectivity index (χ1n) is 8.87. The number of methoxy groups -OCH3 is 1. The number of carbonyl (C=O) groups is 1. The highest BCUT2D eigenvalue weighted by atomic mass is 16.5. The summed E-state index contributed by atoms with van der Waals surface area (Å²) >= 11 is 0. The van der Waals surface area contributed by atoms with Crippen molar-refractivity contribution in [3.05, 3.63) is 65.7 Å². The largest absolute Gasteiger partial charge is 0.497 e. The van der Waals surface area contributed by atoms with E-state index in [2.05, 4.69) is 6.07 Å². The van der Waals surface area contributed by atoms with Gasteiger partial charge in [-0.2, -0.15) is 5.26 Å². The number of ether oxygens (including phenoxy) is 2. The Morgan fingerprint density at radius 2 is 1.77 bits per heavy atom. The number of nitriles is 1. The van der Waals surface area contributed by atoms with Gasteiger partial charge in [0.2, 0.25) is 0 Å². The third-order valence-corrected chi connectivity index (χ3v) is 4.69. The number of carbonyl (C=O) groups excluding carboxylic acids is 1. The topological polar surface area (TPSA) is 59.3 Å². The van der Waals surface area contributed by atoms with E-state index < -0.39 is 11.4 Å². The number of hydrogen-bond donors (Lipinski definition) is 0. The van der Waals surface area contributed by atoms with E-state index in [9.17, 15) is 10.1 Å². The number of nitrogens with zero attached hydrogens (tertiary/aromatic N) is 1. The van der Waals surface area contributed by atoms with Gasteiger partial charge in [0.05, 0.1) is 19.8 Å². The van der Waals surface area contributed by atoms with Crippen LogP contribution in [0.15, 0.2) is 54.6 Å². The molecule has 2 unspecified atom stereocenters.